The average molecular weight is 549 g/mol. The van der Waals surface area contributed by atoms with E-state index in [9.17, 15) is 27.6 Å². The van der Waals surface area contributed by atoms with Crippen LogP contribution < -0.4 is 16.0 Å². The molecule has 2 fully saturated rings. The highest BCUT2D eigenvalue weighted by atomic mass is 19.4. The Labute approximate surface area is 223 Å². The summed E-state index contributed by atoms with van der Waals surface area (Å²) in [6.45, 7) is 0.965. The summed E-state index contributed by atoms with van der Waals surface area (Å²) in [5.41, 5.74) is -0.993. The first-order valence-corrected chi connectivity index (χ1v) is 13.4. The lowest BCUT2D eigenvalue weighted by molar-refractivity contribution is -0.143. The largest absolute Gasteiger partial charge is 0.437 e. The number of hydrogen-bond donors (Lipinski definition) is 3. The van der Waals surface area contributed by atoms with Crippen LogP contribution in [-0.4, -0.2) is 42.1 Å². The van der Waals surface area contributed by atoms with Crippen molar-refractivity contribution in [3.63, 3.8) is 0 Å². The number of hydrogen-bond acceptors (Lipinski definition) is 6. The molecule has 3 amide bonds. The number of alkyl halides is 3. The Bertz CT molecular complexity index is 1230. The van der Waals surface area contributed by atoms with Crippen LogP contribution in [0, 0.1) is 5.92 Å². The number of fused-ring (bicyclic) bond motifs is 2. The van der Waals surface area contributed by atoms with Crippen LogP contribution in [0.15, 0.2) is 29.0 Å². The number of carbonyl (C=O) groups is 3. The monoisotopic (exact) mass is 548 g/mol. The molecule has 1 aromatic carbocycles. The summed E-state index contributed by atoms with van der Waals surface area (Å²) in [5, 5.41) is 11.2. The molecule has 9 nitrogen and oxygen atoms in total. The van der Waals surface area contributed by atoms with Crippen molar-refractivity contribution in [1.82, 2.24) is 10.5 Å². The summed E-state index contributed by atoms with van der Waals surface area (Å²) in [7, 11) is 0. The zero-order valence-electron chi connectivity index (χ0n) is 21.4. The van der Waals surface area contributed by atoms with Gasteiger partial charge in [-0.15, -0.1) is 0 Å². The van der Waals surface area contributed by atoms with Gasteiger partial charge in [0, 0.05) is 24.6 Å². The standard InChI is InChI=1S/C27H31F3N4O5/c28-27(29,30)22-18(15-39-34-22)23(35)33-21(16-6-4-2-1-3-5-7-16)24(36)31-17-8-9-19-20(14-17)32-25(37)26(19)10-12-38-13-11-26/h8-9,14-16,21H,1-7,10-13H2,(H,31,36)(H,32,37)(H,33,35). The van der Waals surface area contributed by atoms with E-state index in [2.05, 4.69) is 25.6 Å². The minimum absolute atomic E-state index is 0.0990. The Balaban J connectivity index is 1.38. The molecule has 0 bridgehead atoms. The summed E-state index contributed by atoms with van der Waals surface area (Å²) in [6, 6.07) is 4.11. The van der Waals surface area contributed by atoms with Gasteiger partial charge in [0.25, 0.3) is 5.91 Å². The van der Waals surface area contributed by atoms with E-state index >= 15 is 0 Å². The van der Waals surface area contributed by atoms with Crippen LogP contribution >= 0.6 is 0 Å². The van der Waals surface area contributed by atoms with Crippen LogP contribution in [0.5, 0.6) is 0 Å². The number of halogens is 3. The lowest BCUT2D eigenvalue weighted by atomic mass is 9.75. The molecule has 39 heavy (non-hydrogen) atoms. The molecule has 3 N–H and O–H groups in total. The van der Waals surface area contributed by atoms with E-state index < -0.39 is 40.7 Å². The van der Waals surface area contributed by atoms with Crippen molar-refractivity contribution in [2.24, 2.45) is 5.92 Å². The van der Waals surface area contributed by atoms with Crippen molar-refractivity contribution < 1.29 is 36.8 Å². The van der Waals surface area contributed by atoms with Gasteiger partial charge in [-0.05, 0) is 49.3 Å². The topological polar surface area (TPSA) is 123 Å². The van der Waals surface area contributed by atoms with Crippen molar-refractivity contribution in [1.29, 1.82) is 0 Å². The first-order valence-electron chi connectivity index (χ1n) is 13.4. The van der Waals surface area contributed by atoms with Crippen molar-refractivity contribution in [2.75, 3.05) is 23.8 Å². The molecule has 1 saturated carbocycles. The zero-order chi connectivity index (χ0) is 27.6. The van der Waals surface area contributed by atoms with Gasteiger partial charge in [-0.2, -0.15) is 13.2 Å². The number of carbonyl (C=O) groups excluding carboxylic acids is 3. The highest BCUT2D eigenvalue weighted by Crippen LogP contribution is 2.45. The first kappa shape index (κ1) is 27.2. The van der Waals surface area contributed by atoms with Crippen molar-refractivity contribution >= 4 is 29.1 Å². The molecule has 2 aromatic rings. The summed E-state index contributed by atoms with van der Waals surface area (Å²) in [5.74, 6) is -1.97. The first-order chi connectivity index (χ1) is 18.7. The highest BCUT2D eigenvalue weighted by molar-refractivity contribution is 6.07. The molecule has 3 aliphatic rings. The quantitative estimate of drug-likeness (QED) is 0.494. The Hall–Kier alpha value is -3.41. The molecule has 5 rings (SSSR count). The second-order valence-electron chi connectivity index (χ2n) is 10.5. The van der Waals surface area contributed by atoms with Gasteiger partial charge in [0.05, 0.1) is 5.41 Å². The molecule has 1 saturated heterocycles. The van der Waals surface area contributed by atoms with Crippen LogP contribution in [0.25, 0.3) is 0 Å². The van der Waals surface area contributed by atoms with Crippen LogP contribution in [0.3, 0.4) is 0 Å². The molecule has 1 aromatic heterocycles. The third-order valence-electron chi connectivity index (χ3n) is 8.10. The SMILES string of the molecule is O=C(NC(C(=O)Nc1ccc2c(c1)NC(=O)C21CCOCC1)C1CCCCCCC1)c1conc1C(F)(F)F. The van der Waals surface area contributed by atoms with Gasteiger partial charge in [0.1, 0.15) is 17.9 Å². The van der Waals surface area contributed by atoms with Gasteiger partial charge in [0.2, 0.25) is 11.8 Å². The highest BCUT2D eigenvalue weighted by Gasteiger charge is 2.47. The van der Waals surface area contributed by atoms with Gasteiger partial charge in [-0.25, -0.2) is 0 Å². The zero-order valence-corrected chi connectivity index (χ0v) is 21.4. The Morgan fingerprint density at radius 3 is 2.46 bits per heavy atom. The van der Waals surface area contributed by atoms with Crippen LogP contribution in [-0.2, 0) is 25.9 Å². The predicted octanol–water partition coefficient (Wildman–Crippen LogP) is 4.79. The predicted molar refractivity (Wildman–Crippen MR) is 134 cm³/mol. The number of nitrogens with zero attached hydrogens (tertiary/aromatic N) is 1. The second-order valence-corrected chi connectivity index (χ2v) is 10.5. The smallest absolute Gasteiger partial charge is 0.381 e. The van der Waals surface area contributed by atoms with Crippen LogP contribution in [0.2, 0.25) is 0 Å². The van der Waals surface area contributed by atoms with E-state index in [1.807, 2.05) is 6.07 Å². The summed E-state index contributed by atoms with van der Waals surface area (Å²) < 4.78 is 49.9. The molecule has 12 heteroatoms. The number of benzene rings is 1. The minimum atomic E-state index is -4.88. The van der Waals surface area contributed by atoms with Crippen molar-refractivity contribution in [3.8, 4) is 0 Å². The maximum Gasteiger partial charge on any atom is 0.437 e. The maximum atomic E-state index is 13.6. The van der Waals surface area contributed by atoms with Crippen LogP contribution in [0.1, 0.15) is 79.4 Å². The lowest BCUT2D eigenvalue weighted by Gasteiger charge is -2.31. The molecule has 1 atom stereocenters. The van der Waals surface area contributed by atoms with E-state index in [0.717, 1.165) is 37.7 Å². The molecular formula is C27H31F3N4O5. The van der Waals surface area contributed by atoms with E-state index in [1.54, 1.807) is 12.1 Å². The summed E-state index contributed by atoms with van der Waals surface area (Å²) in [6.07, 6.45) is 2.95. The number of ether oxygens (including phenoxy) is 1. The Kier molecular flexibility index (Phi) is 7.66. The molecule has 1 spiro atoms. The third kappa shape index (κ3) is 5.52. The van der Waals surface area contributed by atoms with Gasteiger partial charge in [-0.3, -0.25) is 14.4 Å². The summed E-state index contributed by atoms with van der Waals surface area (Å²) in [4.78, 5) is 39.4. The fourth-order valence-electron chi connectivity index (χ4n) is 5.98. The molecule has 3 heterocycles. The summed E-state index contributed by atoms with van der Waals surface area (Å²) >= 11 is 0. The molecular weight excluding hydrogens is 517 g/mol. The molecule has 210 valence electrons. The number of nitrogens with one attached hydrogen (secondary N) is 3. The number of anilines is 2. The molecule has 1 unspecified atom stereocenters. The Morgan fingerprint density at radius 2 is 1.77 bits per heavy atom. The maximum absolute atomic E-state index is 13.6. The van der Waals surface area contributed by atoms with Crippen molar-refractivity contribution in [3.05, 3.63) is 41.3 Å². The van der Waals surface area contributed by atoms with Crippen molar-refractivity contribution in [2.45, 2.75) is 75.4 Å². The fraction of sp³-hybridized carbons (Fsp3) is 0.556. The van der Waals surface area contributed by atoms with Gasteiger partial charge in [0.15, 0.2) is 5.69 Å². The fourth-order valence-corrected chi connectivity index (χ4v) is 5.98. The van der Waals surface area contributed by atoms with E-state index in [4.69, 9.17) is 4.74 Å². The Morgan fingerprint density at radius 1 is 1.08 bits per heavy atom. The van der Waals surface area contributed by atoms with Gasteiger partial charge < -0.3 is 25.2 Å². The second kappa shape index (κ2) is 11.0. The lowest BCUT2D eigenvalue weighted by Crippen LogP contribution is -2.49. The normalized spacial score (nSPS) is 20.4. The number of amides is 3. The van der Waals surface area contributed by atoms with E-state index in [1.165, 1.54) is 0 Å². The molecule has 0 radical (unpaired) electrons. The molecule has 2 aliphatic heterocycles. The molecule has 1 aliphatic carbocycles. The number of aromatic nitrogens is 1. The average Bonchev–Trinajstić information content (AvgIpc) is 3.47. The van der Waals surface area contributed by atoms with Crippen LogP contribution in [0.4, 0.5) is 24.5 Å². The van der Waals surface area contributed by atoms with E-state index in [-0.39, 0.29) is 11.8 Å². The third-order valence-corrected chi connectivity index (χ3v) is 8.10. The minimum Gasteiger partial charge on any atom is -0.381 e. The van der Waals surface area contributed by atoms with Gasteiger partial charge >= 0.3 is 6.18 Å². The van der Waals surface area contributed by atoms with E-state index in [0.29, 0.717) is 56.5 Å². The van der Waals surface area contributed by atoms with Gasteiger partial charge in [-0.1, -0.05) is 43.3 Å². The number of rotatable bonds is 5.